The maximum atomic E-state index is 13.0. The van der Waals surface area contributed by atoms with Crippen molar-refractivity contribution in [1.29, 1.82) is 0 Å². The Bertz CT molecular complexity index is 1430. The van der Waals surface area contributed by atoms with Gasteiger partial charge in [0.2, 0.25) is 0 Å². The summed E-state index contributed by atoms with van der Waals surface area (Å²) in [5, 5.41) is 12.3. The molecule has 0 fully saturated rings. The number of nitrogens with zero attached hydrogens (tertiary/aromatic N) is 5. The molecule has 1 N–H and O–H groups in total. The number of rotatable bonds is 5. The summed E-state index contributed by atoms with van der Waals surface area (Å²) in [5.74, 6) is 0.412. The Hall–Kier alpha value is -3.85. The highest BCUT2D eigenvalue weighted by Gasteiger charge is 2.21. The fourth-order valence-electron chi connectivity index (χ4n) is 3.28. The molecule has 0 bridgehead atoms. The zero-order chi connectivity index (χ0) is 22.1. The summed E-state index contributed by atoms with van der Waals surface area (Å²) in [4.78, 5) is 29.8. The van der Waals surface area contributed by atoms with E-state index in [1.54, 1.807) is 41.9 Å². The Morgan fingerprint density at radius 3 is 2.65 bits per heavy atom. The first kappa shape index (κ1) is 20.4. The van der Waals surface area contributed by atoms with Crippen LogP contribution < -0.4 is 16.0 Å². The second kappa shape index (κ2) is 8.11. The van der Waals surface area contributed by atoms with Crippen molar-refractivity contribution in [3.05, 3.63) is 85.5 Å². The van der Waals surface area contributed by atoms with Crippen molar-refractivity contribution in [1.82, 2.24) is 18.7 Å². The SMILES string of the molecule is Cn1c(=O)c2c(nc(Oc3cccc(/C=N/O)c3)n2Cc2ccccc2Cl)n(C)c1=O. The smallest absolute Gasteiger partial charge is 0.332 e. The number of aromatic nitrogens is 4. The molecule has 0 saturated carbocycles. The van der Waals surface area contributed by atoms with E-state index in [1.807, 2.05) is 18.2 Å². The van der Waals surface area contributed by atoms with E-state index in [0.717, 1.165) is 10.1 Å². The number of oxime groups is 1. The van der Waals surface area contributed by atoms with Crippen LogP contribution in [-0.2, 0) is 20.6 Å². The molecule has 0 aliphatic heterocycles. The van der Waals surface area contributed by atoms with Gasteiger partial charge >= 0.3 is 11.7 Å². The Morgan fingerprint density at radius 1 is 1.13 bits per heavy atom. The zero-order valence-electron chi connectivity index (χ0n) is 16.7. The molecule has 2 aromatic carbocycles. The van der Waals surface area contributed by atoms with Gasteiger partial charge < -0.3 is 9.94 Å². The van der Waals surface area contributed by atoms with Crippen LogP contribution in [0.2, 0.25) is 5.02 Å². The van der Waals surface area contributed by atoms with Crippen molar-refractivity contribution < 1.29 is 9.94 Å². The standard InChI is InChI=1S/C21H18ClN5O4/c1-25-18-17(19(28)26(2)21(25)29)27(12-14-7-3-4-9-16(14)22)20(24-18)31-15-8-5-6-13(10-15)11-23-30/h3-11,30H,12H2,1-2H3/b23-11+. The third-order valence-electron chi connectivity index (χ3n) is 4.87. The lowest BCUT2D eigenvalue weighted by atomic mass is 10.2. The van der Waals surface area contributed by atoms with Crippen LogP contribution in [0, 0.1) is 0 Å². The van der Waals surface area contributed by atoms with Crippen LogP contribution in [0.4, 0.5) is 0 Å². The summed E-state index contributed by atoms with van der Waals surface area (Å²) in [6, 6.07) is 14.2. The van der Waals surface area contributed by atoms with E-state index < -0.39 is 11.2 Å². The van der Waals surface area contributed by atoms with Crippen molar-refractivity contribution in [2.45, 2.75) is 6.54 Å². The Balaban J connectivity index is 1.94. The first-order valence-corrected chi connectivity index (χ1v) is 9.63. The molecule has 4 aromatic rings. The molecule has 0 aliphatic carbocycles. The predicted molar refractivity (Wildman–Crippen MR) is 117 cm³/mol. The number of aryl methyl sites for hydroxylation is 1. The topological polar surface area (TPSA) is 104 Å². The van der Waals surface area contributed by atoms with E-state index in [4.69, 9.17) is 21.5 Å². The summed E-state index contributed by atoms with van der Waals surface area (Å²) in [7, 11) is 2.95. The fourth-order valence-corrected chi connectivity index (χ4v) is 3.47. The molecule has 4 rings (SSSR count). The summed E-state index contributed by atoms with van der Waals surface area (Å²) < 4.78 is 9.89. The van der Waals surface area contributed by atoms with Crippen LogP contribution in [0.3, 0.4) is 0 Å². The van der Waals surface area contributed by atoms with Crippen molar-refractivity contribution in [3.63, 3.8) is 0 Å². The number of fused-ring (bicyclic) bond motifs is 1. The van der Waals surface area contributed by atoms with E-state index in [0.29, 0.717) is 16.3 Å². The number of hydrogen-bond donors (Lipinski definition) is 1. The lowest BCUT2D eigenvalue weighted by Gasteiger charge is -2.11. The molecule has 0 atom stereocenters. The predicted octanol–water partition coefficient (Wildman–Crippen LogP) is 2.74. The van der Waals surface area contributed by atoms with Gasteiger partial charge in [0.15, 0.2) is 11.2 Å². The number of ether oxygens (including phenoxy) is 1. The molecule has 9 nitrogen and oxygen atoms in total. The molecule has 158 valence electrons. The maximum Gasteiger partial charge on any atom is 0.332 e. The van der Waals surface area contributed by atoms with Crippen LogP contribution in [0.15, 0.2) is 63.3 Å². The quantitative estimate of drug-likeness (QED) is 0.292. The average Bonchev–Trinajstić information content (AvgIpc) is 3.11. The van der Waals surface area contributed by atoms with Crippen molar-refractivity contribution >= 4 is 29.0 Å². The van der Waals surface area contributed by atoms with Gasteiger partial charge in [-0.25, -0.2) is 4.79 Å². The fraction of sp³-hybridized carbons (Fsp3) is 0.143. The molecule has 0 spiro atoms. The number of hydrogen-bond acceptors (Lipinski definition) is 6. The Kier molecular flexibility index (Phi) is 5.35. The molecule has 0 saturated heterocycles. The van der Waals surface area contributed by atoms with E-state index in [2.05, 4.69) is 10.1 Å². The van der Waals surface area contributed by atoms with E-state index >= 15 is 0 Å². The molecule has 2 heterocycles. The van der Waals surface area contributed by atoms with E-state index in [-0.39, 0.29) is 23.7 Å². The Labute approximate surface area is 181 Å². The minimum absolute atomic E-state index is 0.117. The number of halogens is 1. The van der Waals surface area contributed by atoms with Crippen LogP contribution >= 0.6 is 11.6 Å². The zero-order valence-corrected chi connectivity index (χ0v) is 17.4. The first-order valence-electron chi connectivity index (χ1n) is 9.25. The van der Waals surface area contributed by atoms with Crippen LogP contribution in [-0.4, -0.2) is 30.1 Å². The minimum atomic E-state index is -0.493. The van der Waals surface area contributed by atoms with Gasteiger partial charge in [-0.3, -0.25) is 18.5 Å². The molecule has 2 aromatic heterocycles. The Morgan fingerprint density at radius 2 is 1.90 bits per heavy atom. The highest BCUT2D eigenvalue weighted by molar-refractivity contribution is 6.31. The summed E-state index contributed by atoms with van der Waals surface area (Å²) in [6.07, 6.45) is 1.26. The molecular formula is C21H18ClN5O4. The van der Waals surface area contributed by atoms with Gasteiger partial charge in [-0.1, -0.05) is 47.1 Å². The largest absolute Gasteiger partial charge is 0.425 e. The normalized spacial score (nSPS) is 11.5. The molecule has 0 amide bonds. The van der Waals surface area contributed by atoms with Gasteiger partial charge in [0.25, 0.3) is 5.56 Å². The number of imidazole rings is 1. The van der Waals surface area contributed by atoms with Gasteiger partial charge in [-0.05, 0) is 29.3 Å². The molecule has 0 unspecified atom stereocenters. The lowest BCUT2D eigenvalue weighted by molar-refractivity contribution is 0.322. The summed E-state index contributed by atoms with van der Waals surface area (Å²) in [6.45, 7) is 0.205. The third-order valence-corrected chi connectivity index (χ3v) is 5.24. The van der Waals surface area contributed by atoms with Crippen molar-refractivity contribution in [3.8, 4) is 11.8 Å². The van der Waals surface area contributed by atoms with Gasteiger partial charge in [-0.15, -0.1) is 0 Å². The van der Waals surface area contributed by atoms with Crippen LogP contribution in [0.5, 0.6) is 11.8 Å². The number of benzene rings is 2. The summed E-state index contributed by atoms with van der Waals surface area (Å²) in [5.41, 5.74) is 0.791. The maximum absolute atomic E-state index is 13.0. The van der Waals surface area contributed by atoms with Gasteiger partial charge in [0.05, 0.1) is 12.8 Å². The van der Waals surface area contributed by atoms with E-state index in [9.17, 15) is 9.59 Å². The summed E-state index contributed by atoms with van der Waals surface area (Å²) >= 11 is 6.34. The highest BCUT2D eigenvalue weighted by Crippen LogP contribution is 2.27. The van der Waals surface area contributed by atoms with Crippen LogP contribution in [0.1, 0.15) is 11.1 Å². The average molecular weight is 440 g/mol. The lowest BCUT2D eigenvalue weighted by Crippen LogP contribution is -2.37. The first-order chi connectivity index (χ1) is 14.9. The van der Waals surface area contributed by atoms with E-state index in [1.165, 1.54) is 17.8 Å². The van der Waals surface area contributed by atoms with Crippen molar-refractivity contribution in [2.75, 3.05) is 0 Å². The van der Waals surface area contributed by atoms with Gasteiger partial charge in [0, 0.05) is 19.1 Å². The monoisotopic (exact) mass is 439 g/mol. The van der Waals surface area contributed by atoms with Crippen LogP contribution in [0.25, 0.3) is 11.2 Å². The minimum Gasteiger partial charge on any atom is -0.425 e. The molecule has 0 radical (unpaired) electrons. The molecule has 0 aliphatic rings. The van der Waals surface area contributed by atoms with Gasteiger partial charge in [-0.2, -0.15) is 4.98 Å². The third kappa shape index (κ3) is 3.71. The highest BCUT2D eigenvalue weighted by atomic mass is 35.5. The molecule has 31 heavy (non-hydrogen) atoms. The van der Waals surface area contributed by atoms with Gasteiger partial charge in [0.1, 0.15) is 5.75 Å². The molecular weight excluding hydrogens is 422 g/mol. The second-order valence-electron chi connectivity index (χ2n) is 6.87. The van der Waals surface area contributed by atoms with Crippen molar-refractivity contribution in [2.24, 2.45) is 19.3 Å². The second-order valence-corrected chi connectivity index (χ2v) is 7.28. The molecule has 10 heteroatoms.